The molecule has 0 N–H and O–H groups in total. The van der Waals surface area contributed by atoms with E-state index in [1.54, 1.807) is 60.9 Å². The van der Waals surface area contributed by atoms with Crippen LogP contribution in [0.15, 0.2) is 78.0 Å². The van der Waals surface area contributed by atoms with E-state index in [1.165, 1.54) is 12.1 Å². The molecule has 1 aliphatic carbocycles. The SMILES string of the molecule is O=S(=O)(CC1CC1)c1ccc(Cn2cnc3cc(-c4ccccc4OC(F)(F)F)ccc32)cc1. The second-order valence-corrected chi connectivity index (χ2v) is 10.5. The zero-order valence-corrected chi connectivity index (χ0v) is 18.8. The second kappa shape index (κ2) is 8.47. The molecule has 4 aromatic rings. The molecule has 1 saturated carbocycles. The van der Waals surface area contributed by atoms with Gasteiger partial charge in [-0.1, -0.05) is 36.4 Å². The van der Waals surface area contributed by atoms with Crippen LogP contribution in [0.3, 0.4) is 0 Å². The zero-order chi connectivity index (χ0) is 23.9. The predicted octanol–water partition coefficient (Wildman–Crippen LogP) is 5.83. The number of hydrogen-bond donors (Lipinski definition) is 0. The Hall–Kier alpha value is -3.33. The van der Waals surface area contributed by atoms with Gasteiger partial charge in [-0.15, -0.1) is 13.2 Å². The van der Waals surface area contributed by atoms with E-state index in [2.05, 4.69) is 9.72 Å². The fraction of sp³-hybridized carbons (Fsp3) is 0.240. The topological polar surface area (TPSA) is 61.2 Å². The van der Waals surface area contributed by atoms with Crippen molar-refractivity contribution in [3.63, 3.8) is 0 Å². The molecule has 0 radical (unpaired) electrons. The largest absolute Gasteiger partial charge is 0.573 e. The highest BCUT2D eigenvalue weighted by molar-refractivity contribution is 7.91. The summed E-state index contributed by atoms with van der Waals surface area (Å²) in [5.74, 6) is 0.224. The molecule has 1 aromatic heterocycles. The van der Waals surface area contributed by atoms with E-state index >= 15 is 0 Å². The summed E-state index contributed by atoms with van der Waals surface area (Å²) < 4.78 is 69.3. The first-order valence-corrected chi connectivity index (χ1v) is 12.4. The van der Waals surface area contributed by atoms with E-state index in [9.17, 15) is 21.6 Å². The van der Waals surface area contributed by atoms with Crippen LogP contribution in [0.5, 0.6) is 5.75 Å². The molecule has 5 nitrogen and oxygen atoms in total. The maximum atomic E-state index is 12.8. The van der Waals surface area contributed by atoms with E-state index in [4.69, 9.17) is 0 Å². The molecule has 0 spiro atoms. The third-order valence-electron chi connectivity index (χ3n) is 5.83. The Kier molecular flexibility index (Phi) is 5.59. The van der Waals surface area contributed by atoms with Crippen LogP contribution in [-0.2, 0) is 16.4 Å². The van der Waals surface area contributed by atoms with Crippen molar-refractivity contribution in [2.45, 2.75) is 30.6 Å². The van der Waals surface area contributed by atoms with Gasteiger partial charge < -0.3 is 9.30 Å². The van der Waals surface area contributed by atoms with Crippen molar-refractivity contribution in [1.82, 2.24) is 9.55 Å². The van der Waals surface area contributed by atoms with Crippen molar-refractivity contribution in [3.8, 4) is 16.9 Å². The lowest BCUT2D eigenvalue weighted by Gasteiger charge is -2.13. The summed E-state index contributed by atoms with van der Waals surface area (Å²) in [5, 5.41) is 0. The molecule has 176 valence electrons. The molecule has 1 heterocycles. The summed E-state index contributed by atoms with van der Waals surface area (Å²) >= 11 is 0. The Labute approximate surface area is 194 Å². The molecule has 5 rings (SSSR count). The number of benzene rings is 3. The molecule has 9 heteroatoms. The van der Waals surface area contributed by atoms with Crippen LogP contribution in [0.1, 0.15) is 18.4 Å². The van der Waals surface area contributed by atoms with Crippen LogP contribution in [0.2, 0.25) is 0 Å². The smallest absolute Gasteiger partial charge is 0.405 e. The number of rotatable bonds is 7. The van der Waals surface area contributed by atoms with Crippen LogP contribution in [-0.4, -0.2) is 30.1 Å². The summed E-state index contributed by atoms with van der Waals surface area (Å²) in [6.45, 7) is 0.479. The van der Waals surface area contributed by atoms with Gasteiger partial charge in [-0.2, -0.15) is 0 Å². The molecule has 0 aliphatic heterocycles. The Morgan fingerprint density at radius 1 is 1.00 bits per heavy atom. The van der Waals surface area contributed by atoms with Gasteiger partial charge in [0.25, 0.3) is 0 Å². The van der Waals surface area contributed by atoms with Gasteiger partial charge in [0.2, 0.25) is 0 Å². The summed E-state index contributed by atoms with van der Waals surface area (Å²) in [4.78, 5) is 4.74. The lowest BCUT2D eigenvalue weighted by molar-refractivity contribution is -0.274. The second-order valence-electron chi connectivity index (χ2n) is 8.49. The number of ether oxygens (including phenoxy) is 1. The first-order valence-electron chi connectivity index (χ1n) is 10.8. The molecule has 0 atom stereocenters. The van der Waals surface area contributed by atoms with Crippen molar-refractivity contribution in [2.24, 2.45) is 5.92 Å². The van der Waals surface area contributed by atoms with Crippen molar-refractivity contribution >= 4 is 20.9 Å². The first-order chi connectivity index (χ1) is 16.2. The summed E-state index contributed by atoms with van der Waals surface area (Å²) in [5.41, 5.74) is 3.23. The van der Waals surface area contributed by atoms with Crippen LogP contribution in [0.4, 0.5) is 13.2 Å². The highest BCUT2D eigenvalue weighted by Crippen LogP contribution is 2.35. The molecule has 0 amide bonds. The van der Waals surface area contributed by atoms with E-state index in [1.807, 2.05) is 4.57 Å². The van der Waals surface area contributed by atoms with Crippen LogP contribution >= 0.6 is 0 Å². The highest BCUT2D eigenvalue weighted by Gasteiger charge is 2.32. The number of halogens is 3. The van der Waals surface area contributed by atoms with Gasteiger partial charge in [-0.3, -0.25) is 0 Å². The molecule has 0 bridgehead atoms. The third kappa shape index (κ3) is 4.94. The fourth-order valence-corrected chi connectivity index (χ4v) is 5.66. The number of nitrogens with zero attached hydrogens (tertiary/aromatic N) is 2. The number of hydrogen-bond acceptors (Lipinski definition) is 4. The minimum Gasteiger partial charge on any atom is -0.405 e. The van der Waals surface area contributed by atoms with Gasteiger partial charge in [0.15, 0.2) is 9.84 Å². The van der Waals surface area contributed by atoms with E-state index < -0.39 is 16.2 Å². The minimum atomic E-state index is -4.78. The molecule has 1 aliphatic rings. The average Bonchev–Trinajstić information content (AvgIpc) is 3.50. The first kappa shape index (κ1) is 22.5. The Morgan fingerprint density at radius 2 is 1.74 bits per heavy atom. The summed E-state index contributed by atoms with van der Waals surface area (Å²) in [7, 11) is -3.26. The number of sulfone groups is 1. The minimum absolute atomic E-state index is 0.206. The Balaban J connectivity index is 1.38. The maximum Gasteiger partial charge on any atom is 0.573 e. The van der Waals surface area contributed by atoms with Gasteiger partial charge >= 0.3 is 6.36 Å². The van der Waals surface area contributed by atoms with E-state index in [0.29, 0.717) is 34.0 Å². The van der Waals surface area contributed by atoms with Crippen molar-refractivity contribution in [1.29, 1.82) is 0 Å². The number of imidazole rings is 1. The fourth-order valence-electron chi connectivity index (χ4n) is 3.97. The number of alkyl halides is 3. The average molecular weight is 487 g/mol. The monoisotopic (exact) mass is 486 g/mol. The molecule has 0 unspecified atom stereocenters. The number of para-hydroxylation sites is 1. The molecule has 1 fully saturated rings. The third-order valence-corrected chi connectivity index (χ3v) is 7.73. The van der Waals surface area contributed by atoms with Crippen LogP contribution < -0.4 is 4.74 Å². The van der Waals surface area contributed by atoms with E-state index in [0.717, 1.165) is 23.9 Å². The number of aromatic nitrogens is 2. The molecule has 0 saturated heterocycles. The quantitative estimate of drug-likeness (QED) is 0.330. The summed E-state index contributed by atoms with van der Waals surface area (Å²) in [6, 6.07) is 18.1. The predicted molar refractivity (Wildman–Crippen MR) is 122 cm³/mol. The van der Waals surface area contributed by atoms with Crippen LogP contribution in [0, 0.1) is 5.92 Å². The molecular formula is C25H21F3N2O3S. The lowest BCUT2D eigenvalue weighted by atomic mass is 10.0. The zero-order valence-electron chi connectivity index (χ0n) is 18.0. The maximum absolute atomic E-state index is 12.8. The Bertz CT molecular complexity index is 1440. The van der Waals surface area contributed by atoms with Gasteiger partial charge in [-0.25, -0.2) is 13.4 Å². The van der Waals surface area contributed by atoms with Crippen molar-refractivity contribution < 1.29 is 26.3 Å². The van der Waals surface area contributed by atoms with Gasteiger partial charge in [0, 0.05) is 12.1 Å². The number of fused-ring (bicyclic) bond motifs is 1. The summed E-state index contributed by atoms with van der Waals surface area (Å²) in [6.07, 6.45) is -1.17. The standard InChI is InChI=1S/C25H21F3N2O3S/c26-25(27,28)33-24-4-2-1-3-21(24)19-9-12-23-22(13-19)29-16-30(23)14-17-7-10-20(11-8-17)34(31,32)15-18-5-6-18/h1-4,7-13,16,18H,5-6,14-15H2. The Morgan fingerprint density at radius 3 is 2.44 bits per heavy atom. The molecular weight excluding hydrogens is 465 g/mol. The normalized spacial score (nSPS) is 14.4. The van der Waals surface area contributed by atoms with E-state index in [-0.39, 0.29) is 11.5 Å². The van der Waals surface area contributed by atoms with Crippen molar-refractivity contribution in [3.05, 3.63) is 78.6 Å². The highest BCUT2D eigenvalue weighted by atomic mass is 32.2. The van der Waals surface area contributed by atoms with Gasteiger partial charge in [0.05, 0.1) is 28.0 Å². The van der Waals surface area contributed by atoms with Crippen molar-refractivity contribution in [2.75, 3.05) is 5.75 Å². The molecule has 3 aromatic carbocycles. The molecule has 34 heavy (non-hydrogen) atoms. The van der Waals surface area contributed by atoms with Crippen LogP contribution in [0.25, 0.3) is 22.2 Å². The van der Waals surface area contributed by atoms with Gasteiger partial charge in [0.1, 0.15) is 5.75 Å². The van der Waals surface area contributed by atoms with Gasteiger partial charge in [-0.05, 0) is 60.2 Å². The lowest BCUT2D eigenvalue weighted by Crippen LogP contribution is -2.17.